The van der Waals surface area contributed by atoms with Crippen LogP contribution in [0.3, 0.4) is 0 Å². The minimum atomic E-state index is -0.0170. The third-order valence-electron chi connectivity index (χ3n) is 4.57. The van der Waals surface area contributed by atoms with Gasteiger partial charge in [-0.2, -0.15) is 0 Å². The zero-order valence-electron chi connectivity index (χ0n) is 15.1. The van der Waals surface area contributed by atoms with Gasteiger partial charge >= 0.3 is 0 Å². The number of aromatic nitrogens is 1. The molecule has 2 amide bonds. The highest BCUT2D eigenvalue weighted by Crippen LogP contribution is 2.29. The molecule has 1 saturated carbocycles. The maximum Gasteiger partial charge on any atom is 0.226 e. The zero-order valence-corrected chi connectivity index (χ0v) is 15.9. The number of thiazole rings is 1. The Kier molecular flexibility index (Phi) is 8.34. The van der Waals surface area contributed by atoms with Crippen molar-refractivity contribution < 1.29 is 9.59 Å². The maximum absolute atomic E-state index is 12.1. The summed E-state index contributed by atoms with van der Waals surface area (Å²) in [5, 5.41) is 5.54. The number of anilines is 1. The molecule has 7 heteroatoms. The Morgan fingerprint density at radius 2 is 2.04 bits per heavy atom. The van der Waals surface area contributed by atoms with Gasteiger partial charge in [-0.05, 0) is 32.2 Å². The molecule has 0 atom stereocenters. The van der Waals surface area contributed by atoms with E-state index in [1.54, 1.807) is 6.92 Å². The molecule has 3 N–H and O–H groups in total. The summed E-state index contributed by atoms with van der Waals surface area (Å²) in [6.07, 6.45) is 8.90. The quantitative estimate of drug-likeness (QED) is 0.658. The molecular formula is C18H30N4O2S. The van der Waals surface area contributed by atoms with E-state index in [0.29, 0.717) is 13.1 Å². The predicted octanol–water partition coefficient (Wildman–Crippen LogP) is 2.62. The van der Waals surface area contributed by atoms with Gasteiger partial charge in [0, 0.05) is 24.9 Å². The fourth-order valence-electron chi connectivity index (χ4n) is 3.28. The molecule has 0 bridgehead atoms. The largest absolute Gasteiger partial charge is 0.356 e. The van der Waals surface area contributed by atoms with E-state index in [0.717, 1.165) is 42.9 Å². The molecule has 0 unspecified atom stereocenters. The van der Waals surface area contributed by atoms with Gasteiger partial charge in [0.15, 0.2) is 5.13 Å². The van der Waals surface area contributed by atoms with Gasteiger partial charge in [-0.3, -0.25) is 14.5 Å². The minimum absolute atomic E-state index is 0.0170. The molecule has 1 aromatic rings. The number of rotatable bonds is 9. The number of carbonyl (C=O) groups excluding carboxylic acids is 2. The second-order valence-corrected chi connectivity index (χ2v) is 7.51. The van der Waals surface area contributed by atoms with E-state index < -0.39 is 0 Å². The molecule has 6 nitrogen and oxygen atoms in total. The summed E-state index contributed by atoms with van der Waals surface area (Å²) in [7, 11) is 0. The van der Waals surface area contributed by atoms with E-state index in [-0.39, 0.29) is 24.3 Å². The van der Waals surface area contributed by atoms with Crippen molar-refractivity contribution in [1.82, 2.24) is 10.3 Å². The molecule has 1 heterocycles. The molecule has 140 valence electrons. The summed E-state index contributed by atoms with van der Waals surface area (Å²) in [6, 6.07) is 0.252. The predicted molar refractivity (Wildman–Crippen MR) is 102 cm³/mol. The second kappa shape index (κ2) is 10.5. The summed E-state index contributed by atoms with van der Waals surface area (Å²) in [5.74, 6) is 0.0220. The average Bonchev–Trinajstić information content (AvgIpc) is 3.03. The van der Waals surface area contributed by atoms with Gasteiger partial charge in [0.05, 0.1) is 12.1 Å². The highest BCUT2D eigenvalue weighted by Gasteiger charge is 2.26. The smallest absolute Gasteiger partial charge is 0.226 e. The molecule has 0 saturated heterocycles. The van der Waals surface area contributed by atoms with Crippen molar-refractivity contribution in [3.63, 3.8) is 0 Å². The van der Waals surface area contributed by atoms with Crippen LogP contribution in [-0.4, -0.2) is 35.9 Å². The van der Waals surface area contributed by atoms with E-state index in [1.807, 2.05) is 10.3 Å². The Labute approximate surface area is 154 Å². The first-order valence-corrected chi connectivity index (χ1v) is 10.2. The Morgan fingerprint density at radius 3 is 2.72 bits per heavy atom. The molecule has 2 rings (SSSR count). The fraction of sp³-hybridized carbons (Fsp3) is 0.722. The molecule has 1 aliphatic carbocycles. The number of carbonyl (C=O) groups is 2. The topological polar surface area (TPSA) is 88.3 Å². The van der Waals surface area contributed by atoms with Crippen molar-refractivity contribution in [3.05, 3.63) is 11.1 Å². The van der Waals surface area contributed by atoms with Crippen LogP contribution >= 0.6 is 11.3 Å². The van der Waals surface area contributed by atoms with Crippen LogP contribution in [0, 0.1) is 0 Å². The molecule has 0 aromatic carbocycles. The summed E-state index contributed by atoms with van der Waals surface area (Å²) in [4.78, 5) is 30.5. The summed E-state index contributed by atoms with van der Waals surface area (Å²) in [6.45, 7) is 2.98. The summed E-state index contributed by atoms with van der Waals surface area (Å²) < 4.78 is 0. The van der Waals surface area contributed by atoms with Crippen LogP contribution in [0.15, 0.2) is 5.38 Å². The number of nitrogens with zero attached hydrogens (tertiary/aromatic N) is 2. The van der Waals surface area contributed by atoms with Crippen LogP contribution in [0.2, 0.25) is 0 Å². The lowest BCUT2D eigenvalue weighted by Crippen LogP contribution is -2.40. The number of nitrogens with one attached hydrogen (secondary N) is 1. The van der Waals surface area contributed by atoms with Crippen molar-refractivity contribution in [2.45, 2.75) is 70.8 Å². The van der Waals surface area contributed by atoms with Crippen molar-refractivity contribution >= 4 is 28.3 Å². The zero-order chi connectivity index (χ0) is 18.1. The number of nitrogens with two attached hydrogens (primary N) is 1. The van der Waals surface area contributed by atoms with Gasteiger partial charge in [-0.15, -0.1) is 11.3 Å². The monoisotopic (exact) mass is 366 g/mol. The summed E-state index contributed by atoms with van der Waals surface area (Å²) in [5.41, 5.74) is 6.19. The van der Waals surface area contributed by atoms with Crippen molar-refractivity contribution in [2.24, 2.45) is 5.73 Å². The SMILES string of the molecule is CC(=O)N(c1nc(CC(=O)NCCCCCN)cs1)C1CCCCC1. The first-order valence-electron chi connectivity index (χ1n) is 9.32. The number of hydrogen-bond acceptors (Lipinski definition) is 5. The van der Waals surface area contributed by atoms with Crippen molar-refractivity contribution in [2.75, 3.05) is 18.0 Å². The molecule has 1 aromatic heterocycles. The fourth-order valence-corrected chi connectivity index (χ4v) is 4.21. The van der Waals surface area contributed by atoms with Gasteiger partial charge in [-0.1, -0.05) is 25.7 Å². The first-order chi connectivity index (χ1) is 12.1. The van der Waals surface area contributed by atoms with Crippen molar-refractivity contribution in [3.8, 4) is 0 Å². The Morgan fingerprint density at radius 1 is 1.28 bits per heavy atom. The van der Waals surface area contributed by atoms with Crippen molar-refractivity contribution in [1.29, 1.82) is 0 Å². The van der Waals surface area contributed by atoms with E-state index in [2.05, 4.69) is 10.3 Å². The van der Waals surface area contributed by atoms with E-state index in [4.69, 9.17) is 5.73 Å². The minimum Gasteiger partial charge on any atom is -0.356 e. The van der Waals surface area contributed by atoms with Gasteiger partial charge < -0.3 is 11.1 Å². The number of hydrogen-bond donors (Lipinski definition) is 2. The van der Waals surface area contributed by atoms with Gasteiger partial charge in [0.1, 0.15) is 0 Å². The third-order valence-corrected chi connectivity index (χ3v) is 5.46. The second-order valence-electron chi connectivity index (χ2n) is 6.68. The Bertz CT molecular complexity index is 555. The summed E-state index contributed by atoms with van der Waals surface area (Å²) >= 11 is 1.46. The lowest BCUT2D eigenvalue weighted by atomic mass is 9.94. The highest BCUT2D eigenvalue weighted by atomic mass is 32.1. The molecule has 1 fully saturated rings. The molecule has 25 heavy (non-hydrogen) atoms. The average molecular weight is 367 g/mol. The third kappa shape index (κ3) is 6.40. The molecule has 1 aliphatic rings. The Balaban J connectivity index is 1.86. The van der Waals surface area contributed by atoms with Gasteiger partial charge in [-0.25, -0.2) is 4.98 Å². The van der Waals surface area contributed by atoms with Crippen LogP contribution in [0.25, 0.3) is 0 Å². The molecule has 0 radical (unpaired) electrons. The van der Waals surface area contributed by atoms with E-state index in [9.17, 15) is 9.59 Å². The first kappa shape index (κ1) is 19.8. The normalized spacial score (nSPS) is 15.1. The number of amides is 2. The number of unbranched alkanes of at least 4 members (excludes halogenated alkanes) is 2. The lowest BCUT2D eigenvalue weighted by Gasteiger charge is -2.31. The molecule has 0 aliphatic heterocycles. The Hall–Kier alpha value is -1.47. The van der Waals surface area contributed by atoms with Crippen LogP contribution in [0.5, 0.6) is 0 Å². The van der Waals surface area contributed by atoms with Gasteiger partial charge in [0.2, 0.25) is 11.8 Å². The molecule has 0 spiro atoms. The van der Waals surface area contributed by atoms with Crippen LogP contribution in [-0.2, 0) is 16.0 Å². The van der Waals surface area contributed by atoms with E-state index in [1.165, 1.54) is 30.6 Å². The van der Waals surface area contributed by atoms with E-state index >= 15 is 0 Å². The van der Waals surface area contributed by atoms with Crippen LogP contribution < -0.4 is 16.0 Å². The standard InChI is InChI=1S/C18H30N4O2S/c1-14(23)22(16-8-4-2-5-9-16)18-21-15(13-25-18)12-17(24)20-11-7-3-6-10-19/h13,16H,2-12,19H2,1H3,(H,20,24). The highest BCUT2D eigenvalue weighted by molar-refractivity contribution is 7.14. The maximum atomic E-state index is 12.1. The molecular weight excluding hydrogens is 336 g/mol. The van der Waals surface area contributed by atoms with Crippen LogP contribution in [0.1, 0.15) is 64.0 Å². The lowest BCUT2D eigenvalue weighted by molar-refractivity contribution is -0.120. The van der Waals surface area contributed by atoms with Crippen LogP contribution in [0.4, 0.5) is 5.13 Å². The van der Waals surface area contributed by atoms with Gasteiger partial charge in [0.25, 0.3) is 0 Å².